The van der Waals surface area contributed by atoms with E-state index in [0.717, 1.165) is 9.64 Å². The molecule has 0 radical (unpaired) electrons. The van der Waals surface area contributed by atoms with Crippen LogP contribution < -0.4 is 10.2 Å². The van der Waals surface area contributed by atoms with Crippen molar-refractivity contribution in [2.24, 2.45) is 0 Å². The number of anilines is 1. The monoisotopic (exact) mass is 436 g/mol. The predicted molar refractivity (Wildman–Crippen MR) is 94.6 cm³/mol. The van der Waals surface area contributed by atoms with Gasteiger partial charge in [-0.3, -0.25) is 14.9 Å². The molecule has 0 aliphatic carbocycles. The Labute approximate surface area is 150 Å². The average Bonchev–Trinajstić information content (AvgIpc) is 2.54. The largest absolute Gasteiger partial charge is 0.336 e. The number of carbonyl (C=O) groups excluding carboxylic acids is 3. The smallest absolute Gasteiger partial charge is 0.273 e. The van der Waals surface area contributed by atoms with E-state index in [0.29, 0.717) is 10.5 Å². The van der Waals surface area contributed by atoms with E-state index in [9.17, 15) is 18.8 Å². The van der Waals surface area contributed by atoms with Crippen molar-refractivity contribution < 1.29 is 18.8 Å². The van der Waals surface area contributed by atoms with Gasteiger partial charge in [0, 0.05) is 3.57 Å². The van der Waals surface area contributed by atoms with Gasteiger partial charge in [-0.2, -0.15) is 0 Å². The van der Waals surface area contributed by atoms with Crippen molar-refractivity contribution >= 4 is 52.2 Å². The van der Waals surface area contributed by atoms with E-state index >= 15 is 0 Å². The van der Waals surface area contributed by atoms with Gasteiger partial charge in [0.2, 0.25) is 0 Å². The Morgan fingerprint density at radius 3 is 2.38 bits per heavy atom. The molecule has 1 heterocycles. The van der Waals surface area contributed by atoms with Gasteiger partial charge in [0.05, 0.1) is 5.69 Å². The van der Waals surface area contributed by atoms with Crippen LogP contribution in [0, 0.1) is 9.39 Å². The van der Waals surface area contributed by atoms with Gasteiger partial charge in [-0.1, -0.05) is 30.3 Å². The van der Waals surface area contributed by atoms with Crippen LogP contribution >= 0.6 is 22.6 Å². The number of rotatable bonds is 2. The normalized spacial score (nSPS) is 16.5. The summed E-state index contributed by atoms with van der Waals surface area (Å²) in [6.45, 7) is 0. The van der Waals surface area contributed by atoms with E-state index in [4.69, 9.17) is 0 Å². The van der Waals surface area contributed by atoms with Gasteiger partial charge in [-0.15, -0.1) is 0 Å². The number of hydrogen-bond acceptors (Lipinski definition) is 3. The van der Waals surface area contributed by atoms with Crippen LogP contribution in [-0.2, 0) is 9.59 Å². The summed E-state index contributed by atoms with van der Waals surface area (Å²) in [5, 5.41) is 2.07. The summed E-state index contributed by atoms with van der Waals surface area (Å²) < 4.78 is 14.8. The molecule has 5 nitrogen and oxygen atoms in total. The molecule has 0 saturated carbocycles. The van der Waals surface area contributed by atoms with Gasteiger partial charge in [0.15, 0.2) is 0 Å². The molecule has 2 aromatic rings. The average molecular weight is 436 g/mol. The first-order valence-corrected chi connectivity index (χ1v) is 7.97. The maximum Gasteiger partial charge on any atom is 0.336 e. The molecule has 3 rings (SSSR count). The van der Waals surface area contributed by atoms with Crippen LogP contribution in [0.3, 0.4) is 0 Å². The van der Waals surface area contributed by atoms with E-state index in [1.807, 2.05) is 12.1 Å². The van der Waals surface area contributed by atoms with Gasteiger partial charge < -0.3 is 0 Å². The number of halogens is 2. The van der Waals surface area contributed by atoms with E-state index in [-0.39, 0.29) is 11.3 Å². The molecule has 1 N–H and O–H groups in total. The fourth-order valence-corrected chi connectivity index (χ4v) is 2.80. The molecule has 0 spiro atoms. The number of hydrogen-bond donors (Lipinski definition) is 1. The van der Waals surface area contributed by atoms with Crippen molar-refractivity contribution in [2.45, 2.75) is 0 Å². The first-order chi connectivity index (χ1) is 11.5. The Kier molecular flexibility index (Phi) is 4.43. The van der Waals surface area contributed by atoms with Crippen molar-refractivity contribution in [3.63, 3.8) is 0 Å². The number of carbonyl (C=O) groups is 3. The highest BCUT2D eigenvalue weighted by atomic mass is 127. The molecular weight excluding hydrogens is 426 g/mol. The molecule has 1 aliphatic rings. The fourth-order valence-electron chi connectivity index (χ4n) is 2.26. The van der Waals surface area contributed by atoms with Gasteiger partial charge in [0.25, 0.3) is 11.8 Å². The summed E-state index contributed by atoms with van der Waals surface area (Å²) in [7, 11) is 0. The number of barbiturate groups is 1. The molecule has 4 amide bonds. The molecule has 1 saturated heterocycles. The molecule has 0 aromatic heterocycles. The van der Waals surface area contributed by atoms with Crippen LogP contribution in [0.15, 0.2) is 54.1 Å². The summed E-state index contributed by atoms with van der Waals surface area (Å²) in [6.07, 6.45) is 1.39. The van der Waals surface area contributed by atoms with Crippen LogP contribution in [0.2, 0.25) is 0 Å². The molecule has 2 aromatic carbocycles. The molecule has 1 aliphatic heterocycles. The van der Waals surface area contributed by atoms with Crippen LogP contribution in [0.5, 0.6) is 0 Å². The number of urea groups is 1. The van der Waals surface area contributed by atoms with Crippen molar-refractivity contribution in [3.05, 3.63) is 69.1 Å². The SMILES string of the molecule is O=C1NC(=O)N(c2ccccc2F)C(=O)/C1=C/c1ccccc1I. The number of amides is 4. The third-order valence-corrected chi connectivity index (χ3v) is 4.38. The zero-order valence-electron chi connectivity index (χ0n) is 12.1. The number of nitrogens with one attached hydrogen (secondary N) is 1. The van der Waals surface area contributed by atoms with Crippen molar-refractivity contribution in [1.82, 2.24) is 5.32 Å². The molecule has 0 atom stereocenters. The number of imide groups is 2. The standard InChI is InChI=1S/C17H10FIN2O3/c18-12-6-2-4-8-14(12)21-16(23)11(15(22)20-17(21)24)9-10-5-1-3-7-13(10)19/h1-9H,(H,20,22,24)/b11-9+. The molecular formula is C17H10FIN2O3. The zero-order valence-corrected chi connectivity index (χ0v) is 14.3. The minimum Gasteiger partial charge on any atom is -0.273 e. The van der Waals surface area contributed by atoms with E-state index in [2.05, 4.69) is 27.9 Å². The van der Waals surface area contributed by atoms with Crippen LogP contribution in [-0.4, -0.2) is 17.8 Å². The second-order valence-corrected chi connectivity index (χ2v) is 6.09. The first kappa shape index (κ1) is 16.3. The van der Waals surface area contributed by atoms with Crippen molar-refractivity contribution in [1.29, 1.82) is 0 Å². The van der Waals surface area contributed by atoms with Crippen LogP contribution in [0.4, 0.5) is 14.9 Å². The third kappa shape index (κ3) is 2.94. The fraction of sp³-hybridized carbons (Fsp3) is 0. The quantitative estimate of drug-likeness (QED) is 0.447. The van der Waals surface area contributed by atoms with E-state index in [1.165, 1.54) is 24.3 Å². The Bertz CT molecular complexity index is 895. The molecule has 7 heteroatoms. The van der Waals surface area contributed by atoms with E-state index in [1.54, 1.807) is 12.1 Å². The van der Waals surface area contributed by atoms with E-state index < -0.39 is 23.7 Å². The minimum atomic E-state index is -0.977. The lowest BCUT2D eigenvalue weighted by atomic mass is 10.1. The first-order valence-electron chi connectivity index (χ1n) is 6.89. The molecule has 0 bridgehead atoms. The second-order valence-electron chi connectivity index (χ2n) is 4.93. The van der Waals surface area contributed by atoms with Gasteiger partial charge in [-0.25, -0.2) is 14.1 Å². The van der Waals surface area contributed by atoms with Crippen LogP contribution in [0.1, 0.15) is 5.56 Å². The lowest BCUT2D eigenvalue weighted by Gasteiger charge is -2.26. The summed E-state index contributed by atoms with van der Waals surface area (Å²) in [6, 6.07) is 11.5. The molecule has 1 fully saturated rings. The van der Waals surface area contributed by atoms with Gasteiger partial charge in [-0.05, 0) is 52.4 Å². The Morgan fingerprint density at radius 2 is 1.67 bits per heavy atom. The van der Waals surface area contributed by atoms with Gasteiger partial charge in [0.1, 0.15) is 11.4 Å². The highest BCUT2D eigenvalue weighted by molar-refractivity contribution is 14.1. The maximum absolute atomic E-state index is 14.0. The molecule has 120 valence electrons. The van der Waals surface area contributed by atoms with Crippen LogP contribution in [0.25, 0.3) is 6.08 Å². The topological polar surface area (TPSA) is 66.5 Å². The number of nitrogens with zero attached hydrogens (tertiary/aromatic N) is 1. The number of benzene rings is 2. The third-order valence-electron chi connectivity index (χ3n) is 3.40. The summed E-state index contributed by atoms with van der Waals surface area (Å²) in [5.41, 5.74) is 0.211. The second kappa shape index (κ2) is 6.52. The highest BCUT2D eigenvalue weighted by Gasteiger charge is 2.37. The Balaban J connectivity index is 2.07. The summed E-state index contributed by atoms with van der Waals surface area (Å²) in [5.74, 6) is -2.41. The Morgan fingerprint density at radius 1 is 1.00 bits per heavy atom. The van der Waals surface area contributed by atoms with Crippen molar-refractivity contribution in [2.75, 3.05) is 4.90 Å². The lowest BCUT2D eigenvalue weighted by molar-refractivity contribution is -0.122. The molecule has 0 unspecified atom stereocenters. The highest BCUT2D eigenvalue weighted by Crippen LogP contribution is 2.25. The lowest BCUT2D eigenvalue weighted by Crippen LogP contribution is -2.54. The minimum absolute atomic E-state index is 0.207. The molecule has 24 heavy (non-hydrogen) atoms. The number of para-hydroxylation sites is 1. The van der Waals surface area contributed by atoms with Gasteiger partial charge >= 0.3 is 6.03 Å². The predicted octanol–water partition coefficient (Wildman–Crippen LogP) is 3.10. The van der Waals surface area contributed by atoms with Crippen molar-refractivity contribution in [3.8, 4) is 0 Å². The zero-order chi connectivity index (χ0) is 17.3. The summed E-state index contributed by atoms with van der Waals surface area (Å²) in [4.78, 5) is 37.3. The summed E-state index contributed by atoms with van der Waals surface area (Å²) >= 11 is 2.07. The Hall–Kier alpha value is -2.55. The maximum atomic E-state index is 14.0.